The van der Waals surface area contributed by atoms with Crippen LogP contribution in [-0.2, 0) is 13.0 Å². The first-order chi connectivity index (χ1) is 8.26. The van der Waals surface area contributed by atoms with E-state index in [0.29, 0.717) is 12.8 Å². The SMILES string of the molecule is C=CCC(O)Cc1nn(CC)c2ccccc12. The molecule has 0 fully saturated rings. The molecule has 1 heterocycles. The molecule has 1 aromatic heterocycles. The van der Waals surface area contributed by atoms with E-state index in [0.717, 1.165) is 23.1 Å². The fourth-order valence-corrected chi connectivity index (χ4v) is 2.09. The van der Waals surface area contributed by atoms with Gasteiger partial charge in [-0.05, 0) is 19.4 Å². The molecule has 1 unspecified atom stereocenters. The molecular weight excluding hydrogens is 212 g/mol. The molecule has 3 heteroatoms. The van der Waals surface area contributed by atoms with Crippen LogP contribution in [0.4, 0.5) is 0 Å². The maximum absolute atomic E-state index is 9.82. The maximum atomic E-state index is 9.82. The van der Waals surface area contributed by atoms with E-state index < -0.39 is 6.10 Å². The Balaban J connectivity index is 2.36. The molecule has 0 aliphatic carbocycles. The molecule has 3 nitrogen and oxygen atoms in total. The van der Waals surface area contributed by atoms with Crippen molar-refractivity contribution >= 4 is 10.9 Å². The van der Waals surface area contributed by atoms with Gasteiger partial charge in [0.15, 0.2) is 0 Å². The van der Waals surface area contributed by atoms with Gasteiger partial charge in [-0.3, -0.25) is 4.68 Å². The highest BCUT2D eigenvalue weighted by Crippen LogP contribution is 2.20. The minimum atomic E-state index is -0.392. The van der Waals surface area contributed by atoms with Crippen molar-refractivity contribution in [1.82, 2.24) is 9.78 Å². The minimum Gasteiger partial charge on any atom is -0.392 e. The zero-order chi connectivity index (χ0) is 12.3. The third-order valence-corrected chi connectivity index (χ3v) is 2.90. The topological polar surface area (TPSA) is 38.1 Å². The number of aliphatic hydroxyl groups excluding tert-OH is 1. The van der Waals surface area contributed by atoms with Crippen molar-refractivity contribution in [3.63, 3.8) is 0 Å². The van der Waals surface area contributed by atoms with E-state index in [1.54, 1.807) is 6.08 Å². The van der Waals surface area contributed by atoms with Crippen LogP contribution in [0.1, 0.15) is 19.0 Å². The predicted molar refractivity (Wildman–Crippen MR) is 69.9 cm³/mol. The Morgan fingerprint density at radius 3 is 2.94 bits per heavy atom. The fourth-order valence-electron chi connectivity index (χ4n) is 2.09. The quantitative estimate of drug-likeness (QED) is 0.801. The lowest BCUT2D eigenvalue weighted by molar-refractivity contribution is 0.177. The van der Waals surface area contributed by atoms with Crippen molar-refractivity contribution in [2.45, 2.75) is 32.4 Å². The van der Waals surface area contributed by atoms with Crippen LogP contribution < -0.4 is 0 Å². The Labute approximate surface area is 101 Å². The highest BCUT2D eigenvalue weighted by atomic mass is 16.3. The van der Waals surface area contributed by atoms with Crippen molar-refractivity contribution in [2.75, 3.05) is 0 Å². The van der Waals surface area contributed by atoms with Crippen LogP contribution in [0, 0.1) is 0 Å². The number of aryl methyl sites for hydroxylation is 1. The Hall–Kier alpha value is -1.61. The summed E-state index contributed by atoms with van der Waals surface area (Å²) in [5.74, 6) is 0. The number of hydrogen-bond donors (Lipinski definition) is 1. The van der Waals surface area contributed by atoms with E-state index >= 15 is 0 Å². The van der Waals surface area contributed by atoms with E-state index in [1.807, 2.05) is 16.8 Å². The van der Waals surface area contributed by atoms with Crippen molar-refractivity contribution < 1.29 is 5.11 Å². The summed E-state index contributed by atoms with van der Waals surface area (Å²) in [6.45, 7) is 6.56. The summed E-state index contributed by atoms with van der Waals surface area (Å²) >= 11 is 0. The molecule has 0 spiro atoms. The molecule has 2 rings (SSSR count). The van der Waals surface area contributed by atoms with Crippen molar-refractivity contribution in [2.24, 2.45) is 0 Å². The average molecular weight is 230 g/mol. The van der Waals surface area contributed by atoms with Gasteiger partial charge in [-0.2, -0.15) is 5.10 Å². The standard InChI is InChI=1S/C14H18N2O/c1-3-7-11(17)10-13-12-8-5-6-9-14(12)16(4-2)15-13/h3,5-6,8-9,11,17H,1,4,7,10H2,2H3. The molecule has 0 aliphatic heterocycles. The van der Waals surface area contributed by atoms with E-state index in [2.05, 4.69) is 30.7 Å². The van der Waals surface area contributed by atoms with Gasteiger partial charge in [-0.15, -0.1) is 6.58 Å². The molecule has 1 aromatic carbocycles. The van der Waals surface area contributed by atoms with Crippen LogP contribution in [0.2, 0.25) is 0 Å². The van der Waals surface area contributed by atoms with Gasteiger partial charge in [0.2, 0.25) is 0 Å². The Morgan fingerprint density at radius 2 is 2.24 bits per heavy atom. The lowest BCUT2D eigenvalue weighted by Gasteiger charge is -2.05. The number of aromatic nitrogens is 2. The number of aliphatic hydroxyl groups is 1. The maximum Gasteiger partial charge on any atom is 0.0729 e. The normalized spacial score (nSPS) is 12.8. The summed E-state index contributed by atoms with van der Waals surface area (Å²) in [5, 5.41) is 15.5. The van der Waals surface area contributed by atoms with Crippen LogP contribution in [-0.4, -0.2) is 21.0 Å². The van der Waals surface area contributed by atoms with Gasteiger partial charge in [0, 0.05) is 18.4 Å². The summed E-state index contributed by atoms with van der Waals surface area (Å²) in [7, 11) is 0. The molecule has 2 aromatic rings. The molecule has 1 atom stereocenters. The van der Waals surface area contributed by atoms with E-state index in [9.17, 15) is 5.11 Å². The summed E-state index contributed by atoms with van der Waals surface area (Å²) in [4.78, 5) is 0. The Kier molecular flexibility index (Phi) is 3.59. The highest BCUT2D eigenvalue weighted by molar-refractivity contribution is 5.81. The van der Waals surface area contributed by atoms with Crippen LogP contribution in [0.15, 0.2) is 36.9 Å². The Morgan fingerprint density at radius 1 is 1.47 bits per heavy atom. The summed E-state index contributed by atoms with van der Waals surface area (Å²) < 4.78 is 1.98. The number of benzene rings is 1. The third-order valence-electron chi connectivity index (χ3n) is 2.90. The van der Waals surface area contributed by atoms with Gasteiger partial charge in [-0.1, -0.05) is 24.3 Å². The van der Waals surface area contributed by atoms with Crippen molar-refractivity contribution in [3.8, 4) is 0 Å². The average Bonchev–Trinajstić information content (AvgIpc) is 2.68. The van der Waals surface area contributed by atoms with Gasteiger partial charge in [0.25, 0.3) is 0 Å². The first kappa shape index (κ1) is 11.9. The zero-order valence-corrected chi connectivity index (χ0v) is 10.1. The second kappa shape index (κ2) is 5.15. The summed E-state index contributed by atoms with van der Waals surface area (Å²) in [6, 6.07) is 8.15. The second-order valence-corrected chi connectivity index (χ2v) is 4.16. The first-order valence-corrected chi connectivity index (χ1v) is 5.99. The monoisotopic (exact) mass is 230 g/mol. The first-order valence-electron chi connectivity index (χ1n) is 5.99. The minimum absolute atomic E-state index is 0.392. The molecule has 0 radical (unpaired) electrons. The molecule has 0 aliphatic rings. The molecule has 0 bridgehead atoms. The molecule has 0 saturated carbocycles. The number of fused-ring (bicyclic) bond motifs is 1. The number of hydrogen-bond acceptors (Lipinski definition) is 2. The fraction of sp³-hybridized carbons (Fsp3) is 0.357. The molecule has 0 amide bonds. The van der Waals surface area contributed by atoms with Crippen LogP contribution in [0.25, 0.3) is 10.9 Å². The smallest absolute Gasteiger partial charge is 0.0729 e. The summed E-state index contributed by atoms with van der Waals surface area (Å²) in [5.41, 5.74) is 2.10. The molecular formula is C14H18N2O. The van der Waals surface area contributed by atoms with Crippen LogP contribution in [0.5, 0.6) is 0 Å². The summed E-state index contributed by atoms with van der Waals surface area (Å²) in [6.07, 6.45) is 2.53. The number of rotatable bonds is 5. The van der Waals surface area contributed by atoms with E-state index in [1.165, 1.54) is 0 Å². The molecule has 0 saturated heterocycles. The predicted octanol–water partition coefficient (Wildman–Crippen LogP) is 2.54. The third kappa shape index (κ3) is 2.39. The van der Waals surface area contributed by atoms with Gasteiger partial charge in [0.1, 0.15) is 0 Å². The van der Waals surface area contributed by atoms with Crippen LogP contribution in [0.3, 0.4) is 0 Å². The van der Waals surface area contributed by atoms with Gasteiger partial charge < -0.3 is 5.11 Å². The molecule has 17 heavy (non-hydrogen) atoms. The van der Waals surface area contributed by atoms with E-state index in [-0.39, 0.29) is 0 Å². The van der Waals surface area contributed by atoms with Crippen molar-refractivity contribution in [3.05, 3.63) is 42.6 Å². The van der Waals surface area contributed by atoms with Gasteiger partial charge >= 0.3 is 0 Å². The lowest BCUT2D eigenvalue weighted by Crippen LogP contribution is -2.10. The number of nitrogens with zero attached hydrogens (tertiary/aromatic N) is 2. The zero-order valence-electron chi connectivity index (χ0n) is 10.1. The second-order valence-electron chi connectivity index (χ2n) is 4.16. The molecule has 90 valence electrons. The van der Waals surface area contributed by atoms with E-state index in [4.69, 9.17) is 0 Å². The van der Waals surface area contributed by atoms with Crippen molar-refractivity contribution in [1.29, 1.82) is 0 Å². The van der Waals surface area contributed by atoms with Crippen LogP contribution >= 0.6 is 0 Å². The lowest BCUT2D eigenvalue weighted by atomic mass is 10.1. The highest BCUT2D eigenvalue weighted by Gasteiger charge is 2.12. The van der Waals surface area contributed by atoms with Gasteiger partial charge in [0.05, 0.1) is 17.3 Å². The number of para-hydroxylation sites is 1. The van der Waals surface area contributed by atoms with Gasteiger partial charge in [-0.25, -0.2) is 0 Å². The Bertz CT molecular complexity index is 516. The molecule has 1 N–H and O–H groups in total. The largest absolute Gasteiger partial charge is 0.392 e.